The van der Waals surface area contributed by atoms with E-state index in [-0.39, 0.29) is 5.54 Å². The molecule has 2 N–H and O–H groups in total. The van der Waals surface area contributed by atoms with Crippen LogP contribution in [0.1, 0.15) is 19.7 Å². The zero-order chi connectivity index (χ0) is 20.0. The van der Waals surface area contributed by atoms with Gasteiger partial charge in [0.25, 0.3) is 0 Å². The van der Waals surface area contributed by atoms with E-state index >= 15 is 0 Å². The van der Waals surface area contributed by atoms with Crippen LogP contribution in [0.5, 0.6) is 0 Å². The van der Waals surface area contributed by atoms with E-state index in [1.165, 1.54) is 0 Å². The number of guanidine groups is 1. The Morgan fingerprint density at radius 2 is 2.07 bits per heavy atom. The average Bonchev–Trinajstić information content (AvgIpc) is 3.18. The Labute approximate surface area is 170 Å². The van der Waals surface area contributed by atoms with Crippen molar-refractivity contribution in [2.24, 2.45) is 4.99 Å². The van der Waals surface area contributed by atoms with Crippen LogP contribution in [0.3, 0.4) is 0 Å². The van der Waals surface area contributed by atoms with Crippen LogP contribution >= 0.6 is 11.6 Å². The molecule has 28 heavy (non-hydrogen) atoms. The molecule has 1 aliphatic rings. The standard InChI is InChI=1S/C19H27ClN6O2/c1-19(2,26-7-9-27-10-8-26)13-23-18(21-3)22-12-16-24-17(25-28-16)14-5-4-6-15(20)11-14/h4-6,11H,7-10,12-13H2,1-3H3,(H2,21,22,23). The Morgan fingerprint density at radius 3 is 2.79 bits per heavy atom. The molecular weight excluding hydrogens is 380 g/mol. The van der Waals surface area contributed by atoms with Crippen LogP contribution in [0.25, 0.3) is 11.4 Å². The van der Waals surface area contributed by atoms with Gasteiger partial charge in [-0.25, -0.2) is 0 Å². The molecule has 152 valence electrons. The number of aliphatic imine (C=N–C) groups is 1. The van der Waals surface area contributed by atoms with Gasteiger partial charge < -0.3 is 19.9 Å². The van der Waals surface area contributed by atoms with Crippen molar-refractivity contribution in [3.63, 3.8) is 0 Å². The van der Waals surface area contributed by atoms with Gasteiger partial charge in [0.2, 0.25) is 11.7 Å². The minimum atomic E-state index is -0.00830. The summed E-state index contributed by atoms with van der Waals surface area (Å²) in [4.78, 5) is 11.1. The molecule has 9 heteroatoms. The molecule has 0 aliphatic carbocycles. The maximum Gasteiger partial charge on any atom is 0.246 e. The smallest absolute Gasteiger partial charge is 0.246 e. The van der Waals surface area contributed by atoms with Crippen molar-refractivity contribution >= 4 is 17.6 Å². The van der Waals surface area contributed by atoms with Gasteiger partial charge >= 0.3 is 0 Å². The summed E-state index contributed by atoms with van der Waals surface area (Å²) in [5.74, 6) is 1.67. The van der Waals surface area contributed by atoms with Crippen LogP contribution in [0.15, 0.2) is 33.8 Å². The van der Waals surface area contributed by atoms with E-state index in [1.54, 1.807) is 13.1 Å². The van der Waals surface area contributed by atoms with E-state index in [2.05, 4.69) is 44.5 Å². The fourth-order valence-corrected chi connectivity index (χ4v) is 3.22. The van der Waals surface area contributed by atoms with Crippen LogP contribution < -0.4 is 10.6 Å². The molecule has 3 rings (SSSR count). The lowest BCUT2D eigenvalue weighted by Crippen LogP contribution is -2.56. The van der Waals surface area contributed by atoms with Gasteiger partial charge in [0.1, 0.15) is 0 Å². The highest BCUT2D eigenvalue weighted by atomic mass is 35.5. The number of hydrogen-bond acceptors (Lipinski definition) is 6. The summed E-state index contributed by atoms with van der Waals surface area (Å²) in [7, 11) is 1.74. The minimum absolute atomic E-state index is 0.00830. The van der Waals surface area contributed by atoms with Gasteiger partial charge in [-0.15, -0.1) is 0 Å². The third-order valence-electron chi connectivity index (χ3n) is 4.74. The first-order valence-electron chi connectivity index (χ1n) is 9.34. The summed E-state index contributed by atoms with van der Waals surface area (Å²) in [6.45, 7) is 9.01. The highest BCUT2D eigenvalue weighted by Gasteiger charge is 2.28. The number of rotatable bonds is 6. The lowest BCUT2D eigenvalue weighted by Gasteiger charge is -2.41. The largest absolute Gasteiger partial charge is 0.379 e. The molecule has 1 aliphatic heterocycles. The lowest BCUT2D eigenvalue weighted by molar-refractivity contribution is -0.00834. The van der Waals surface area contributed by atoms with Crippen molar-refractivity contribution in [2.45, 2.75) is 25.9 Å². The van der Waals surface area contributed by atoms with Crippen LogP contribution in [0.4, 0.5) is 0 Å². The molecule has 8 nitrogen and oxygen atoms in total. The maximum atomic E-state index is 6.02. The average molecular weight is 407 g/mol. The molecule has 0 radical (unpaired) electrons. The van der Waals surface area contributed by atoms with Gasteiger partial charge in [-0.2, -0.15) is 4.98 Å². The number of aromatic nitrogens is 2. The number of nitrogens with zero attached hydrogens (tertiary/aromatic N) is 4. The highest BCUT2D eigenvalue weighted by Crippen LogP contribution is 2.20. The quantitative estimate of drug-likeness (QED) is 0.561. The normalized spacial score (nSPS) is 16.2. The number of benzene rings is 1. The molecule has 0 atom stereocenters. The Balaban J connectivity index is 1.52. The van der Waals surface area contributed by atoms with E-state index in [0.717, 1.165) is 38.4 Å². The molecule has 0 bridgehead atoms. The van der Waals surface area contributed by atoms with Crippen LogP contribution in [-0.4, -0.2) is 66.4 Å². The lowest BCUT2D eigenvalue weighted by atomic mass is 10.0. The van der Waals surface area contributed by atoms with Crippen molar-refractivity contribution in [3.05, 3.63) is 35.2 Å². The molecule has 1 saturated heterocycles. The Bertz CT molecular complexity index is 801. The number of halogens is 1. The van der Waals surface area contributed by atoms with Crippen LogP contribution in [0, 0.1) is 0 Å². The summed E-state index contributed by atoms with van der Waals surface area (Å²) < 4.78 is 10.8. The monoisotopic (exact) mass is 406 g/mol. The predicted octanol–water partition coefficient (Wildman–Crippen LogP) is 2.17. The third-order valence-corrected chi connectivity index (χ3v) is 4.97. The van der Waals surface area contributed by atoms with Gasteiger partial charge in [0.05, 0.1) is 19.8 Å². The molecule has 2 heterocycles. The van der Waals surface area contributed by atoms with Gasteiger partial charge in [-0.1, -0.05) is 28.9 Å². The molecule has 2 aromatic rings. The van der Waals surface area contributed by atoms with Crippen molar-refractivity contribution in [3.8, 4) is 11.4 Å². The third kappa shape index (κ3) is 5.43. The molecule has 0 amide bonds. The first kappa shape index (κ1) is 20.6. The first-order valence-corrected chi connectivity index (χ1v) is 9.71. The minimum Gasteiger partial charge on any atom is -0.379 e. The van der Waals surface area contributed by atoms with E-state index < -0.39 is 0 Å². The number of morpholine rings is 1. The molecule has 0 unspecified atom stereocenters. The van der Waals surface area contributed by atoms with Gasteiger partial charge in [-0.3, -0.25) is 9.89 Å². The molecule has 0 spiro atoms. The van der Waals surface area contributed by atoms with E-state index in [1.807, 2.05) is 18.2 Å². The van der Waals surface area contributed by atoms with Crippen molar-refractivity contribution in [1.29, 1.82) is 0 Å². The molecule has 1 aromatic heterocycles. The number of nitrogens with one attached hydrogen (secondary N) is 2. The van der Waals surface area contributed by atoms with Crippen molar-refractivity contribution in [1.82, 2.24) is 25.7 Å². The van der Waals surface area contributed by atoms with Crippen LogP contribution in [0.2, 0.25) is 5.02 Å². The predicted molar refractivity (Wildman–Crippen MR) is 109 cm³/mol. The fourth-order valence-electron chi connectivity index (χ4n) is 3.03. The maximum absolute atomic E-state index is 6.02. The zero-order valence-electron chi connectivity index (χ0n) is 16.5. The topological polar surface area (TPSA) is 87.8 Å². The van der Waals surface area contributed by atoms with Crippen molar-refractivity contribution < 1.29 is 9.26 Å². The number of hydrogen-bond donors (Lipinski definition) is 2. The van der Waals surface area contributed by atoms with E-state index in [9.17, 15) is 0 Å². The second kappa shape index (κ2) is 9.36. The Kier molecular flexibility index (Phi) is 6.88. The number of ether oxygens (including phenoxy) is 1. The summed E-state index contributed by atoms with van der Waals surface area (Å²) in [5.41, 5.74) is 0.809. The molecular formula is C19H27ClN6O2. The Morgan fingerprint density at radius 1 is 1.29 bits per heavy atom. The van der Waals surface area contributed by atoms with Crippen LogP contribution in [-0.2, 0) is 11.3 Å². The summed E-state index contributed by atoms with van der Waals surface area (Å²) in [5, 5.41) is 11.2. The van der Waals surface area contributed by atoms with E-state index in [0.29, 0.717) is 29.2 Å². The second-order valence-corrected chi connectivity index (χ2v) is 7.65. The Hall–Kier alpha value is -2.16. The molecule has 1 fully saturated rings. The zero-order valence-corrected chi connectivity index (χ0v) is 17.3. The summed E-state index contributed by atoms with van der Waals surface area (Å²) in [6, 6.07) is 7.36. The fraction of sp³-hybridized carbons (Fsp3) is 0.526. The van der Waals surface area contributed by atoms with Gasteiger partial charge in [-0.05, 0) is 26.0 Å². The first-order chi connectivity index (χ1) is 13.5. The molecule has 0 saturated carbocycles. The molecule has 1 aromatic carbocycles. The van der Waals surface area contributed by atoms with Gasteiger partial charge in [0.15, 0.2) is 5.96 Å². The van der Waals surface area contributed by atoms with Crippen molar-refractivity contribution in [2.75, 3.05) is 39.9 Å². The van der Waals surface area contributed by atoms with E-state index in [4.69, 9.17) is 20.9 Å². The highest BCUT2D eigenvalue weighted by molar-refractivity contribution is 6.30. The van der Waals surface area contributed by atoms with Gasteiger partial charge in [0, 0.05) is 42.8 Å². The second-order valence-electron chi connectivity index (χ2n) is 7.21. The summed E-state index contributed by atoms with van der Waals surface area (Å²) in [6.07, 6.45) is 0. The summed E-state index contributed by atoms with van der Waals surface area (Å²) >= 11 is 6.02. The SMILES string of the molecule is CN=C(NCc1nc(-c2cccc(Cl)c2)no1)NCC(C)(C)N1CCOCC1.